The highest BCUT2D eigenvalue weighted by Crippen LogP contribution is 2.16. The number of nitrogens with one attached hydrogen (secondary N) is 1. The van der Waals surface area contributed by atoms with Crippen LogP contribution in [0.25, 0.3) is 0 Å². The van der Waals surface area contributed by atoms with Crippen LogP contribution >= 0.6 is 0 Å². The summed E-state index contributed by atoms with van der Waals surface area (Å²) in [7, 11) is -3.43. The van der Waals surface area contributed by atoms with E-state index < -0.39 is 28.3 Å². The largest absolute Gasteiger partial charge is 0.452 e. The standard InChI is InChI=1S/C16H21NO6S/c1-11-5-6-13(24(2,20)21)8-14(11)16(19)23-10-15(18)17-9-12-4-3-7-22-12/h5-6,8,12H,3-4,7,9-10H2,1-2H3,(H,17,18)/t12-/m1/s1. The predicted octanol–water partition coefficient (Wildman–Crippen LogP) is 0.851. The Morgan fingerprint density at radius 1 is 1.38 bits per heavy atom. The van der Waals surface area contributed by atoms with Crippen molar-refractivity contribution in [2.75, 3.05) is 26.0 Å². The monoisotopic (exact) mass is 355 g/mol. The number of ether oxygens (including phenoxy) is 2. The summed E-state index contributed by atoms with van der Waals surface area (Å²) in [5.74, 6) is -1.15. The molecule has 1 atom stereocenters. The number of carbonyl (C=O) groups is 2. The molecule has 1 saturated heterocycles. The van der Waals surface area contributed by atoms with Crippen LogP contribution in [0.1, 0.15) is 28.8 Å². The SMILES string of the molecule is Cc1ccc(S(C)(=O)=O)cc1C(=O)OCC(=O)NC[C@H]1CCCO1. The molecule has 0 spiro atoms. The molecule has 24 heavy (non-hydrogen) atoms. The summed E-state index contributed by atoms with van der Waals surface area (Å²) in [6, 6.07) is 4.22. The van der Waals surface area contributed by atoms with Gasteiger partial charge in [0.2, 0.25) is 0 Å². The van der Waals surface area contributed by atoms with Gasteiger partial charge in [-0.1, -0.05) is 6.07 Å². The molecule has 1 N–H and O–H groups in total. The normalized spacial score (nSPS) is 17.5. The summed E-state index contributed by atoms with van der Waals surface area (Å²) in [4.78, 5) is 23.8. The van der Waals surface area contributed by atoms with Crippen LogP contribution in [-0.2, 0) is 24.1 Å². The van der Waals surface area contributed by atoms with Crippen LogP contribution in [0.2, 0.25) is 0 Å². The second-order valence-corrected chi connectivity index (χ2v) is 7.78. The summed E-state index contributed by atoms with van der Waals surface area (Å²) in [6.45, 7) is 2.33. The van der Waals surface area contributed by atoms with Crippen molar-refractivity contribution in [2.45, 2.75) is 30.8 Å². The fourth-order valence-corrected chi connectivity index (χ4v) is 2.99. The highest BCUT2D eigenvalue weighted by molar-refractivity contribution is 7.90. The van der Waals surface area contributed by atoms with E-state index in [-0.39, 0.29) is 16.6 Å². The number of hydrogen-bond donors (Lipinski definition) is 1. The highest BCUT2D eigenvalue weighted by Gasteiger charge is 2.18. The van der Waals surface area contributed by atoms with E-state index in [2.05, 4.69) is 5.32 Å². The molecule has 7 nitrogen and oxygen atoms in total. The first-order valence-electron chi connectivity index (χ1n) is 7.63. The van der Waals surface area contributed by atoms with Crippen molar-refractivity contribution in [3.63, 3.8) is 0 Å². The minimum absolute atomic E-state index is 0.0124. The molecule has 8 heteroatoms. The fourth-order valence-electron chi connectivity index (χ4n) is 2.34. The number of amides is 1. The molecule has 0 bridgehead atoms. The maximum absolute atomic E-state index is 12.1. The molecule has 1 aromatic rings. The lowest BCUT2D eigenvalue weighted by Gasteiger charge is -2.11. The van der Waals surface area contributed by atoms with Gasteiger partial charge in [0, 0.05) is 19.4 Å². The number of sulfone groups is 1. The first-order chi connectivity index (χ1) is 11.3. The maximum Gasteiger partial charge on any atom is 0.338 e. The van der Waals surface area contributed by atoms with Crippen molar-refractivity contribution in [3.05, 3.63) is 29.3 Å². The lowest BCUT2D eigenvalue weighted by Crippen LogP contribution is -2.34. The van der Waals surface area contributed by atoms with E-state index in [1.165, 1.54) is 18.2 Å². The summed E-state index contributed by atoms with van der Waals surface area (Å²) in [5, 5.41) is 2.64. The fraction of sp³-hybridized carbons (Fsp3) is 0.500. The van der Waals surface area contributed by atoms with Crippen LogP contribution in [0.5, 0.6) is 0 Å². The minimum Gasteiger partial charge on any atom is -0.452 e. The predicted molar refractivity (Wildman–Crippen MR) is 86.6 cm³/mol. The molecule has 1 fully saturated rings. The third-order valence-corrected chi connectivity index (χ3v) is 4.85. The van der Waals surface area contributed by atoms with Crippen molar-refractivity contribution in [2.24, 2.45) is 0 Å². The van der Waals surface area contributed by atoms with E-state index in [0.29, 0.717) is 18.7 Å². The zero-order valence-electron chi connectivity index (χ0n) is 13.7. The molecule has 1 amide bonds. The average molecular weight is 355 g/mol. The number of carbonyl (C=O) groups excluding carboxylic acids is 2. The number of rotatable bonds is 6. The maximum atomic E-state index is 12.1. The molecule has 1 heterocycles. The number of aryl methyl sites for hydroxylation is 1. The third kappa shape index (κ3) is 5.04. The molecule has 2 rings (SSSR count). The topological polar surface area (TPSA) is 98.8 Å². The Hall–Kier alpha value is -1.93. The van der Waals surface area contributed by atoms with Crippen molar-refractivity contribution in [1.29, 1.82) is 0 Å². The second kappa shape index (κ2) is 7.76. The molecule has 1 aromatic carbocycles. The van der Waals surface area contributed by atoms with Gasteiger partial charge in [0.25, 0.3) is 5.91 Å². The van der Waals surface area contributed by atoms with Gasteiger partial charge in [-0.2, -0.15) is 0 Å². The van der Waals surface area contributed by atoms with Gasteiger partial charge in [-0.05, 0) is 37.5 Å². The van der Waals surface area contributed by atoms with Crippen molar-refractivity contribution in [1.82, 2.24) is 5.32 Å². The summed E-state index contributed by atoms with van der Waals surface area (Å²) < 4.78 is 33.5. The van der Waals surface area contributed by atoms with E-state index in [1.54, 1.807) is 6.92 Å². The quantitative estimate of drug-likeness (QED) is 0.760. The van der Waals surface area contributed by atoms with Gasteiger partial charge in [0.15, 0.2) is 16.4 Å². The molecule has 0 unspecified atom stereocenters. The number of benzene rings is 1. The van der Waals surface area contributed by atoms with Gasteiger partial charge >= 0.3 is 5.97 Å². The number of esters is 1. The minimum atomic E-state index is -3.43. The molecular formula is C16H21NO6S. The number of hydrogen-bond acceptors (Lipinski definition) is 6. The summed E-state index contributed by atoms with van der Waals surface area (Å²) in [5.41, 5.74) is 0.706. The van der Waals surface area contributed by atoms with Crippen LogP contribution in [-0.4, -0.2) is 52.4 Å². The summed E-state index contributed by atoms with van der Waals surface area (Å²) >= 11 is 0. The van der Waals surface area contributed by atoms with Crippen LogP contribution in [0, 0.1) is 6.92 Å². The van der Waals surface area contributed by atoms with Crippen molar-refractivity contribution >= 4 is 21.7 Å². The smallest absolute Gasteiger partial charge is 0.338 e. The Morgan fingerprint density at radius 3 is 2.75 bits per heavy atom. The van der Waals surface area contributed by atoms with Crippen LogP contribution in [0.4, 0.5) is 0 Å². The van der Waals surface area contributed by atoms with Gasteiger partial charge in [-0.3, -0.25) is 4.79 Å². The zero-order valence-corrected chi connectivity index (χ0v) is 14.5. The lowest BCUT2D eigenvalue weighted by atomic mass is 10.1. The van der Waals surface area contributed by atoms with E-state index >= 15 is 0 Å². The molecule has 1 aliphatic heterocycles. The van der Waals surface area contributed by atoms with Crippen LogP contribution in [0.15, 0.2) is 23.1 Å². The first kappa shape index (κ1) is 18.4. The Balaban J connectivity index is 1.91. The van der Waals surface area contributed by atoms with Crippen LogP contribution < -0.4 is 5.32 Å². The van der Waals surface area contributed by atoms with Gasteiger partial charge in [-0.15, -0.1) is 0 Å². The van der Waals surface area contributed by atoms with E-state index in [4.69, 9.17) is 9.47 Å². The molecule has 0 radical (unpaired) electrons. The molecule has 132 valence electrons. The van der Waals surface area contributed by atoms with Gasteiger partial charge < -0.3 is 14.8 Å². The highest BCUT2D eigenvalue weighted by atomic mass is 32.2. The molecule has 1 aliphatic rings. The van der Waals surface area contributed by atoms with Gasteiger partial charge in [0.05, 0.1) is 16.6 Å². The summed E-state index contributed by atoms with van der Waals surface area (Å²) in [6.07, 6.45) is 2.95. The van der Waals surface area contributed by atoms with Crippen molar-refractivity contribution in [3.8, 4) is 0 Å². The average Bonchev–Trinajstić information content (AvgIpc) is 3.03. The van der Waals surface area contributed by atoms with Crippen LogP contribution in [0.3, 0.4) is 0 Å². The van der Waals surface area contributed by atoms with E-state index in [1.807, 2.05) is 0 Å². The van der Waals surface area contributed by atoms with E-state index in [9.17, 15) is 18.0 Å². The Kier molecular flexibility index (Phi) is 5.95. The Morgan fingerprint density at radius 2 is 2.12 bits per heavy atom. The first-order valence-corrected chi connectivity index (χ1v) is 9.52. The zero-order chi connectivity index (χ0) is 17.7. The lowest BCUT2D eigenvalue weighted by molar-refractivity contribution is -0.124. The molecular weight excluding hydrogens is 334 g/mol. The Bertz CT molecular complexity index is 722. The molecule has 0 aromatic heterocycles. The molecule has 0 saturated carbocycles. The van der Waals surface area contributed by atoms with Gasteiger partial charge in [-0.25, -0.2) is 13.2 Å². The van der Waals surface area contributed by atoms with Gasteiger partial charge in [0.1, 0.15) is 0 Å². The Labute approximate surface area is 141 Å². The van der Waals surface area contributed by atoms with Crippen molar-refractivity contribution < 1.29 is 27.5 Å². The van der Waals surface area contributed by atoms with E-state index in [0.717, 1.165) is 19.1 Å². The molecule has 0 aliphatic carbocycles. The third-order valence-electron chi connectivity index (χ3n) is 3.74. The second-order valence-electron chi connectivity index (χ2n) is 5.76.